The van der Waals surface area contributed by atoms with Crippen molar-refractivity contribution in [2.24, 2.45) is 5.92 Å². The Morgan fingerprint density at radius 1 is 0.947 bits per heavy atom. The number of rotatable bonds is 5. The highest BCUT2D eigenvalue weighted by Crippen LogP contribution is 2.43. The first kappa shape index (κ1) is 14.2. The highest BCUT2D eigenvalue weighted by atomic mass is 19.2. The van der Waals surface area contributed by atoms with E-state index < -0.39 is 40.7 Å². The van der Waals surface area contributed by atoms with Gasteiger partial charge in [0, 0.05) is 11.6 Å². The van der Waals surface area contributed by atoms with Crippen LogP contribution in [0.5, 0.6) is 0 Å². The molecule has 1 aromatic rings. The third-order valence-electron chi connectivity index (χ3n) is 3.26. The minimum absolute atomic E-state index is 0.0696. The molecular weight excluding hydrogens is 265 g/mol. The fraction of sp³-hybridized carbons (Fsp3) is 0.538. The number of nitrogens with one attached hydrogen (secondary N) is 1. The van der Waals surface area contributed by atoms with E-state index in [0.717, 1.165) is 12.8 Å². The van der Waals surface area contributed by atoms with E-state index >= 15 is 0 Å². The summed E-state index contributed by atoms with van der Waals surface area (Å²) in [5, 5.41) is 2.87. The van der Waals surface area contributed by atoms with Crippen molar-refractivity contribution < 1.29 is 22.0 Å². The summed E-state index contributed by atoms with van der Waals surface area (Å²) >= 11 is 0. The predicted octanol–water partition coefficient (Wildman–Crippen LogP) is 3.83. The maximum Gasteiger partial charge on any atom is 0.200 e. The van der Waals surface area contributed by atoms with Crippen LogP contribution in [0.1, 0.15) is 37.8 Å². The number of hydrogen-bond donors (Lipinski definition) is 1. The van der Waals surface area contributed by atoms with Crippen LogP contribution in [0.3, 0.4) is 0 Å². The highest BCUT2D eigenvalue weighted by Gasteiger charge is 2.38. The van der Waals surface area contributed by atoms with Crippen molar-refractivity contribution in [3.05, 3.63) is 34.6 Å². The monoisotopic (exact) mass is 279 g/mol. The zero-order chi connectivity index (χ0) is 14.2. The number of hydrogen-bond acceptors (Lipinski definition) is 1. The van der Waals surface area contributed by atoms with Gasteiger partial charge in [0.05, 0.1) is 0 Å². The van der Waals surface area contributed by atoms with Gasteiger partial charge in [0.25, 0.3) is 0 Å². The zero-order valence-electron chi connectivity index (χ0n) is 10.4. The quantitative estimate of drug-likeness (QED) is 0.490. The molecule has 1 aromatic carbocycles. The van der Waals surface area contributed by atoms with E-state index in [-0.39, 0.29) is 5.92 Å². The molecule has 1 nitrogen and oxygen atoms in total. The number of benzene rings is 1. The molecule has 1 unspecified atom stereocenters. The summed E-state index contributed by atoms with van der Waals surface area (Å²) in [5.41, 5.74) is -0.729. The Morgan fingerprint density at radius 3 is 1.84 bits per heavy atom. The van der Waals surface area contributed by atoms with Gasteiger partial charge in [-0.1, -0.05) is 6.92 Å². The lowest BCUT2D eigenvalue weighted by Gasteiger charge is -2.20. The Kier molecular flexibility index (Phi) is 4.08. The molecule has 1 N–H and O–H groups in total. The average Bonchev–Trinajstić information content (AvgIpc) is 3.22. The molecule has 1 aliphatic carbocycles. The van der Waals surface area contributed by atoms with E-state index in [1.807, 2.05) is 6.92 Å². The van der Waals surface area contributed by atoms with Gasteiger partial charge in [-0.25, -0.2) is 22.0 Å². The molecule has 106 valence electrons. The summed E-state index contributed by atoms with van der Waals surface area (Å²) in [5.74, 6) is -9.38. The van der Waals surface area contributed by atoms with E-state index in [0.29, 0.717) is 13.0 Å². The van der Waals surface area contributed by atoms with E-state index in [1.165, 1.54) is 0 Å². The molecule has 0 saturated heterocycles. The lowest BCUT2D eigenvalue weighted by atomic mass is 10.00. The van der Waals surface area contributed by atoms with Crippen LogP contribution in [0.4, 0.5) is 22.0 Å². The van der Waals surface area contributed by atoms with Crippen LogP contribution in [0.15, 0.2) is 0 Å². The van der Waals surface area contributed by atoms with Crippen molar-refractivity contribution in [2.45, 2.75) is 32.2 Å². The maximum absolute atomic E-state index is 13.7. The standard InChI is InChI=1S/C13H14F5N/c1-2-5-19-13(6-3-4-6)7-8(14)10(16)12(18)11(17)9(7)15/h6,13,19H,2-5H2,1H3. The summed E-state index contributed by atoms with van der Waals surface area (Å²) in [6.45, 7) is 2.32. The highest BCUT2D eigenvalue weighted by molar-refractivity contribution is 5.28. The Bertz CT molecular complexity index is 455. The molecule has 2 rings (SSSR count). The summed E-state index contributed by atoms with van der Waals surface area (Å²) in [6.07, 6.45) is 2.15. The molecule has 0 amide bonds. The number of halogens is 5. The van der Waals surface area contributed by atoms with Crippen LogP contribution in [0, 0.1) is 35.0 Å². The van der Waals surface area contributed by atoms with Gasteiger partial charge in [-0.3, -0.25) is 0 Å². The van der Waals surface area contributed by atoms with Gasteiger partial charge >= 0.3 is 0 Å². The molecule has 6 heteroatoms. The summed E-state index contributed by atoms with van der Waals surface area (Å²) in [6, 6.07) is -0.815. The van der Waals surface area contributed by atoms with Crippen molar-refractivity contribution in [1.82, 2.24) is 5.32 Å². The average molecular weight is 279 g/mol. The molecule has 0 radical (unpaired) electrons. The van der Waals surface area contributed by atoms with Gasteiger partial charge < -0.3 is 5.32 Å². The zero-order valence-corrected chi connectivity index (χ0v) is 10.4. The van der Waals surface area contributed by atoms with Gasteiger partial charge in [-0.2, -0.15) is 0 Å². The maximum atomic E-state index is 13.7. The van der Waals surface area contributed by atoms with Crippen LogP contribution >= 0.6 is 0 Å². The predicted molar refractivity (Wildman–Crippen MR) is 60.0 cm³/mol. The Morgan fingerprint density at radius 2 is 1.42 bits per heavy atom. The molecule has 1 saturated carbocycles. The molecule has 1 aliphatic rings. The Balaban J connectivity index is 2.46. The normalized spacial score (nSPS) is 16.7. The molecule has 19 heavy (non-hydrogen) atoms. The molecular formula is C13H14F5N. The van der Waals surface area contributed by atoms with Crippen LogP contribution in [-0.4, -0.2) is 6.54 Å². The first-order valence-electron chi connectivity index (χ1n) is 6.23. The SMILES string of the molecule is CCCNC(c1c(F)c(F)c(F)c(F)c1F)C1CC1. The fourth-order valence-electron chi connectivity index (χ4n) is 2.13. The van der Waals surface area contributed by atoms with Crippen LogP contribution in [0.25, 0.3) is 0 Å². The molecule has 0 bridgehead atoms. The van der Waals surface area contributed by atoms with Gasteiger partial charge in [0.2, 0.25) is 5.82 Å². The van der Waals surface area contributed by atoms with Gasteiger partial charge in [-0.15, -0.1) is 0 Å². The van der Waals surface area contributed by atoms with Crippen molar-refractivity contribution in [1.29, 1.82) is 0 Å². The van der Waals surface area contributed by atoms with Crippen LogP contribution < -0.4 is 5.32 Å². The molecule has 0 spiro atoms. The van der Waals surface area contributed by atoms with Crippen molar-refractivity contribution in [3.63, 3.8) is 0 Å². The third kappa shape index (κ3) is 2.59. The molecule has 0 heterocycles. The molecule has 0 aliphatic heterocycles. The summed E-state index contributed by atoms with van der Waals surface area (Å²) < 4.78 is 66.8. The van der Waals surface area contributed by atoms with Crippen LogP contribution in [-0.2, 0) is 0 Å². The van der Waals surface area contributed by atoms with E-state index in [1.54, 1.807) is 0 Å². The van der Waals surface area contributed by atoms with Crippen molar-refractivity contribution in [2.75, 3.05) is 6.54 Å². The van der Waals surface area contributed by atoms with Crippen molar-refractivity contribution in [3.8, 4) is 0 Å². The largest absolute Gasteiger partial charge is 0.310 e. The fourth-order valence-corrected chi connectivity index (χ4v) is 2.13. The topological polar surface area (TPSA) is 12.0 Å². The van der Waals surface area contributed by atoms with Gasteiger partial charge in [0.15, 0.2) is 23.3 Å². The second kappa shape index (κ2) is 5.45. The Labute approximate surface area is 107 Å². The summed E-state index contributed by atoms with van der Waals surface area (Å²) in [4.78, 5) is 0. The first-order chi connectivity index (χ1) is 8.99. The van der Waals surface area contributed by atoms with Crippen molar-refractivity contribution >= 4 is 0 Å². The Hall–Kier alpha value is -1.17. The molecule has 0 aromatic heterocycles. The second-order valence-corrected chi connectivity index (χ2v) is 4.75. The van der Waals surface area contributed by atoms with E-state index in [2.05, 4.69) is 5.32 Å². The van der Waals surface area contributed by atoms with Crippen LogP contribution in [0.2, 0.25) is 0 Å². The first-order valence-corrected chi connectivity index (χ1v) is 6.23. The lowest BCUT2D eigenvalue weighted by molar-refractivity contribution is 0.348. The lowest BCUT2D eigenvalue weighted by Crippen LogP contribution is -2.27. The molecule has 1 fully saturated rings. The second-order valence-electron chi connectivity index (χ2n) is 4.75. The van der Waals surface area contributed by atoms with E-state index in [4.69, 9.17) is 0 Å². The smallest absolute Gasteiger partial charge is 0.200 e. The van der Waals surface area contributed by atoms with E-state index in [9.17, 15) is 22.0 Å². The van der Waals surface area contributed by atoms with Gasteiger partial charge in [-0.05, 0) is 31.7 Å². The minimum Gasteiger partial charge on any atom is -0.310 e. The molecule has 1 atom stereocenters. The summed E-state index contributed by atoms with van der Waals surface area (Å²) in [7, 11) is 0. The third-order valence-corrected chi connectivity index (χ3v) is 3.26. The van der Waals surface area contributed by atoms with Gasteiger partial charge in [0.1, 0.15) is 0 Å². The minimum atomic E-state index is -2.11.